The number of carbonyl (C=O) groups excluding carboxylic acids is 1. The average molecular weight is 588 g/mol. The van der Waals surface area contributed by atoms with Gasteiger partial charge in [-0.15, -0.1) is 0 Å². The van der Waals surface area contributed by atoms with Crippen molar-refractivity contribution in [2.45, 2.75) is 50.5 Å². The van der Waals surface area contributed by atoms with Crippen molar-refractivity contribution in [3.8, 4) is 17.6 Å². The van der Waals surface area contributed by atoms with Gasteiger partial charge in [0.2, 0.25) is 0 Å². The van der Waals surface area contributed by atoms with Gasteiger partial charge in [0.25, 0.3) is 5.91 Å². The molecule has 3 N–H and O–H groups in total. The third-order valence-electron chi connectivity index (χ3n) is 7.46. The van der Waals surface area contributed by atoms with Crippen molar-refractivity contribution in [3.05, 3.63) is 53.7 Å². The minimum absolute atomic E-state index is 0.0824. The van der Waals surface area contributed by atoms with E-state index in [9.17, 15) is 22.4 Å². The molecule has 1 aliphatic carbocycles. The Hall–Kier alpha value is -3.91. The van der Waals surface area contributed by atoms with E-state index in [1.807, 2.05) is 6.07 Å². The van der Waals surface area contributed by atoms with Gasteiger partial charge in [-0.05, 0) is 82.1 Å². The lowest BCUT2D eigenvalue weighted by atomic mass is 9.90. The molecule has 226 valence electrons. The summed E-state index contributed by atoms with van der Waals surface area (Å²) in [5.41, 5.74) is 2.34. The molecular weight excluding hydrogens is 550 g/mol. The Morgan fingerprint density at radius 3 is 2.52 bits per heavy atom. The van der Waals surface area contributed by atoms with Crippen LogP contribution < -0.4 is 20.7 Å². The molecular formula is C31H37F4N5O2. The first-order chi connectivity index (χ1) is 20.1. The first kappa shape index (κ1) is 31.0. The van der Waals surface area contributed by atoms with Crippen LogP contribution in [-0.2, 0) is 6.54 Å². The van der Waals surface area contributed by atoms with E-state index in [1.165, 1.54) is 17.7 Å². The molecule has 1 aromatic heterocycles. The van der Waals surface area contributed by atoms with E-state index in [2.05, 4.69) is 46.8 Å². The zero-order valence-corrected chi connectivity index (χ0v) is 24.1. The Morgan fingerprint density at radius 2 is 1.86 bits per heavy atom. The second kappa shape index (κ2) is 13.8. The molecule has 1 aliphatic rings. The van der Waals surface area contributed by atoms with E-state index in [0.29, 0.717) is 28.2 Å². The Morgan fingerprint density at radius 1 is 1.10 bits per heavy atom. The van der Waals surface area contributed by atoms with Crippen LogP contribution in [0.1, 0.15) is 41.7 Å². The van der Waals surface area contributed by atoms with E-state index in [1.54, 1.807) is 30.3 Å². The Bertz CT molecular complexity index is 1430. The van der Waals surface area contributed by atoms with Gasteiger partial charge in [0.05, 0.1) is 23.4 Å². The van der Waals surface area contributed by atoms with Gasteiger partial charge in [-0.3, -0.25) is 4.79 Å². The van der Waals surface area contributed by atoms with E-state index < -0.39 is 19.4 Å². The van der Waals surface area contributed by atoms with Crippen molar-refractivity contribution in [2.24, 2.45) is 0 Å². The molecule has 1 saturated carbocycles. The molecule has 0 saturated heterocycles. The smallest absolute Gasteiger partial charge is 0.406 e. The van der Waals surface area contributed by atoms with E-state index in [4.69, 9.17) is 4.74 Å². The Balaban J connectivity index is 1.56. The van der Waals surface area contributed by atoms with Gasteiger partial charge in [-0.25, -0.2) is 4.39 Å². The van der Waals surface area contributed by atoms with Crippen molar-refractivity contribution in [1.82, 2.24) is 14.8 Å². The van der Waals surface area contributed by atoms with Gasteiger partial charge in [-0.2, -0.15) is 13.2 Å². The maximum atomic E-state index is 13.6. The summed E-state index contributed by atoms with van der Waals surface area (Å²) in [6.45, 7) is -1.98. The number of hydrogen-bond donors (Lipinski definition) is 3. The summed E-state index contributed by atoms with van der Waals surface area (Å²) in [4.78, 5) is 14.2. The van der Waals surface area contributed by atoms with Gasteiger partial charge >= 0.3 is 6.18 Å². The summed E-state index contributed by atoms with van der Waals surface area (Å²) in [6.07, 6.45) is -0.323. The quantitative estimate of drug-likeness (QED) is 0.211. The molecule has 0 radical (unpaired) electrons. The van der Waals surface area contributed by atoms with E-state index >= 15 is 0 Å². The number of amides is 1. The number of nitrogens with zero attached hydrogens (tertiary/aromatic N) is 2. The van der Waals surface area contributed by atoms with Crippen LogP contribution in [0.4, 0.5) is 28.9 Å². The highest BCUT2D eigenvalue weighted by atomic mass is 19.4. The first-order valence-electron chi connectivity index (χ1n) is 14.0. The number of ether oxygens (including phenoxy) is 1. The van der Waals surface area contributed by atoms with Gasteiger partial charge in [-0.1, -0.05) is 12.0 Å². The molecule has 7 nitrogen and oxygen atoms in total. The molecule has 0 unspecified atom stereocenters. The highest BCUT2D eigenvalue weighted by molar-refractivity contribution is 5.95. The summed E-state index contributed by atoms with van der Waals surface area (Å²) in [7, 11) is 5.67. The zero-order valence-electron chi connectivity index (χ0n) is 24.1. The van der Waals surface area contributed by atoms with Crippen LogP contribution in [0.2, 0.25) is 0 Å². The number of hydrogen-bond acceptors (Lipinski definition) is 5. The lowest BCUT2D eigenvalue weighted by molar-refractivity contribution is -0.140. The first-order valence-corrected chi connectivity index (χ1v) is 14.0. The fraction of sp³-hybridized carbons (Fsp3) is 0.452. The van der Waals surface area contributed by atoms with Crippen molar-refractivity contribution >= 4 is 28.2 Å². The third-order valence-corrected chi connectivity index (χ3v) is 7.46. The molecule has 1 heterocycles. The number of nitrogens with one attached hydrogen (secondary N) is 3. The standard InChI is InChI=1S/C31H37F4N5O2/c1-36-30(41)21-9-14-27(29(18-21)42-17-15-32)37-16-5-6-24-19-25-26(38-22-10-12-23(13-11-22)39(2)3)7-4-8-28(25)40(24)20-31(33,34)35/h4,7-9,14,18-19,22-23,37-38H,10-13,15-17,20H2,1-3H3,(H,36,41)/t22-,23+. The normalized spacial score (nSPS) is 17.0. The topological polar surface area (TPSA) is 70.6 Å². The molecule has 1 fully saturated rings. The predicted octanol–water partition coefficient (Wildman–Crippen LogP) is 5.66. The Labute approximate surface area is 243 Å². The lowest BCUT2D eigenvalue weighted by Gasteiger charge is -2.33. The maximum Gasteiger partial charge on any atom is 0.406 e. The molecule has 11 heteroatoms. The van der Waals surface area contributed by atoms with Crippen LogP contribution in [0.5, 0.6) is 5.75 Å². The van der Waals surface area contributed by atoms with Crippen LogP contribution in [0, 0.1) is 11.8 Å². The highest BCUT2D eigenvalue weighted by Crippen LogP contribution is 2.32. The number of aromatic nitrogens is 1. The molecule has 42 heavy (non-hydrogen) atoms. The maximum absolute atomic E-state index is 13.6. The number of fused-ring (bicyclic) bond motifs is 1. The lowest BCUT2D eigenvalue weighted by Crippen LogP contribution is -2.36. The van der Waals surface area contributed by atoms with Crippen LogP contribution in [-0.4, -0.2) is 74.6 Å². The van der Waals surface area contributed by atoms with Gasteiger partial charge in [0.1, 0.15) is 25.6 Å². The van der Waals surface area contributed by atoms with Crippen molar-refractivity contribution in [3.63, 3.8) is 0 Å². The highest BCUT2D eigenvalue weighted by Gasteiger charge is 2.30. The number of carbonyl (C=O) groups is 1. The number of rotatable bonds is 10. The molecule has 0 aliphatic heterocycles. The van der Waals surface area contributed by atoms with Crippen molar-refractivity contribution < 1.29 is 27.1 Å². The minimum atomic E-state index is -4.43. The van der Waals surface area contributed by atoms with Crippen LogP contribution >= 0.6 is 0 Å². The zero-order chi connectivity index (χ0) is 30.3. The fourth-order valence-corrected chi connectivity index (χ4v) is 5.32. The number of alkyl halides is 4. The summed E-state index contributed by atoms with van der Waals surface area (Å²) in [5.74, 6) is 5.76. The summed E-state index contributed by atoms with van der Waals surface area (Å²) in [6, 6.07) is 12.5. The summed E-state index contributed by atoms with van der Waals surface area (Å²) >= 11 is 0. The molecule has 0 spiro atoms. The minimum Gasteiger partial charge on any atom is -0.489 e. The summed E-state index contributed by atoms with van der Waals surface area (Å²) in [5, 5.41) is 9.84. The second-order valence-corrected chi connectivity index (χ2v) is 10.6. The number of halogens is 4. The number of anilines is 2. The molecule has 1 amide bonds. The second-order valence-electron chi connectivity index (χ2n) is 10.6. The monoisotopic (exact) mass is 587 g/mol. The Kier molecular flexibility index (Phi) is 10.2. The van der Waals surface area contributed by atoms with Crippen LogP contribution in [0.25, 0.3) is 10.9 Å². The molecule has 2 aromatic carbocycles. The van der Waals surface area contributed by atoms with Crippen LogP contribution in [0.15, 0.2) is 42.5 Å². The van der Waals surface area contributed by atoms with Gasteiger partial charge < -0.3 is 30.2 Å². The fourth-order valence-electron chi connectivity index (χ4n) is 5.32. The molecule has 3 aromatic rings. The largest absolute Gasteiger partial charge is 0.489 e. The molecule has 0 bridgehead atoms. The van der Waals surface area contributed by atoms with E-state index in [0.717, 1.165) is 31.4 Å². The van der Waals surface area contributed by atoms with Gasteiger partial charge in [0.15, 0.2) is 0 Å². The predicted molar refractivity (Wildman–Crippen MR) is 158 cm³/mol. The molecule has 0 atom stereocenters. The van der Waals surface area contributed by atoms with Gasteiger partial charge in [0, 0.05) is 35.8 Å². The summed E-state index contributed by atoms with van der Waals surface area (Å²) < 4.78 is 60.2. The third kappa shape index (κ3) is 7.88. The van der Waals surface area contributed by atoms with Crippen LogP contribution in [0.3, 0.4) is 0 Å². The van der Waals surface area contributed by atoms with Crippen molar-refractivity contribution in [2.75, 3.05) is 51.6 Å². The number of benzene rings is 2. The van der Waals surface area contributed by atoms with E-state index in [-0.39, 0.29) is 36.5 Å². The SMILES string of the molecule is CNC(=O)c1ccc(NCC#Cc2cc3c(N[C@H]4CC[C@@H](N(C)C)CC4)cccc3n2CC(F)(F)F)c(OCCF)c1. The van der Waals surface area contributed by atoms with Crippen molar-refractivity contribution in [1.29, 1.82) is 0 Å². The molecule has 4 rings (SSSR count). The average Bonchev–Trinajstić information content (AvgIpc) is 3.30.